The lowest BCUT2D eigenvalue weighted by Gasteiger charge is -2.36. The maximum absolute atomic E-state index is 15.0. The van der Waals surface area contributed by atoms with Gasteiger partial charge in [0.15, 0.2) is 0 Å². The smallest absolute Gasteiger partial charge is 0.249 e. The van der Waals surface area contributed by atoms with Gasteiger partial charge in [-0.1, -0.05) is 0 Å². The molecule has 37 heavy (non-hydrogen) atoms. The summed E-state index contributed by atoms with van der Waals surface area (Å²) in [6.45, 7) is 2.91. The number of benzene rings is 1. The number of nitrogens with one attached hydrogen (secondary N) is 2. The third-order valence-electron chi connectivity index (χ3n) is 7.73. The number of hydrogen-bond acceptors (Lipinski definition) is 6. The molecule has 3 aliphatic rings. The van der Waals surface area contributed by atoms with Crippen molar-refractivity contribution in [3.63, 3.8) is 0 Å². The highest BCUT2D eigenvalue weighted by Crippen LogP contribution is 2.34. The molecule has 1 atom stereocenters. The van der Waals surface area contributed by atoms with E-state index < -0.39 is 23.6 Å². The monoisotopic (exact) mass is 514 g/mol. The van der Waals surface area contributed by atoms with Crippen molar-refractivity contribution < 1.29 is 23.2 Å². The van der Waals surface area contributed by atoms with Crippen molar-refractivity contribution in [2.45, 2.75) is 56.5 Å². The highest BCUT2D eigenvalue weighted by molar-refractivity contribution is 6.01. The fourth-order valence-corrected chi connectivity index (χ4v) is 5.64. The molecule has 3 amide bonds. The molecule has 0 spiro atoms. The van der Waals surface area contributed by atoms with Gasteiger partial charge in [-0.25, -0.2) is 8.78 Å². The van der Waals surface area contributed by atoms with E-state index in [4.69, 9.17) is 0 Å². The van der Waals surface area contributed by atoms with E-state index in [1.165, 1.54) is 12.1 Å². The van der Waals surface area contributed by atoms with E-state index in [0.29, 0.717) is 51.6 Å². The maximum atomic E-state index is 15.0. The number of piperidine rings is 3. The zero-order valence-electron chi connectivity index (χ0n) is 20.7. The second-order valence-electron chi connectivity index (χ2n) is 10.2. The molecule has 1 aromatic carbocycles. The summed E-state index contributed by atoms with van der Waals surface area (Å²) in [5.74, 6) is -2.32. The maximum Gasteiger partial charge on any atom is 0.249 e. The first kappa shape index (κ1) is 25.3. The molecule has 1 unspecified atom stereocenters. The summed E-state index contributed by atoms with van der Waals surface area (Å²) < 4.78 is 31.9. The first-order valence-corrected chi connectivity index (χ1v) is 13.0. The van der Waals surface area contributed by atoms with Gasteiger partial charge in [0.1, 0.15) is 17.7 Å². The van der Waals surface area contributed by atoms with Gasteiger partial charge < -0.3 is 10.2 Å². The number of carbonyl (C=O) groups excluding carboxylic acids is 3. The van der Waals surface area contributed by atoms with Crippen LogP contribution in [0.4, 0.5) is 14.5 Å². The van der Waals surface area contributed by atoms with Gasteiger partial charge in [0.05, 0.1) is 12.6 Å². The number of likely N-dealkylation sites (tertiary alicyclic amines) is 2. The van der Waals surface area contributed by atoms with Gasteiger partial charge in [-0.3, -0.25) is 29.3 Å². The number of hydrogen-bond donors (Lipinski definition) is 2. The van der Waals surface area contributed by atoms with Gasteiger partial charge in [0.2, 0.25) is 17.7 Å². The van der Waals surface area contributed by atoms with E-state index in [-0.39, 0.29) is 41.8 Å². The summed E-state index contributed by atoms with van der Waals surface area (Å²) in [4.78, 5) is 40.1. The van der Waals surface area contributed by atoms with Crippen molar-refractivity contribution in [3.05, 3.63) is 47.8 Å². The first-order chi connectivity index (χ1) is 17.9. The molecule has 2 N–H and O–H groups in total. The molecule has 0 aliphatic carbocycles. The van der Waals surface area contributed by atoms with Crippen LogP contribution >= 0.6 is 0 Å². The quantitative estimate of drug-likeness (QED) is 0.575. The number of halogens is 2. The molecule has 3 saturated heterocycles. The summed E-state index contributed by atoms with van der Waals surface area (Å²) in [5.41, 5.74) is 0.230. The van der Waals surface area contributed by atoms with Crippen molar-refractivity contribution in [2.75, 3.05) is 38.0 Å². The Kier molecular flexibility index (Phi) is 7.50. The first-order valence-electron chi connectivity index (χ1n) is 13.0. The van der Waals surface area contributed by atoms with Gasteiger partial charge in [0, 0.05) is 43.2 Å². The Bertz CT molecular complexity index is 1120. The van der Waals surface area contributed by atoms with E-state index in [9.17, 15) is 23.2 Å². The molecular formula is C26H32F2N6O3. The fourth-order valence-electron chi connectivity index (χ4n) is 5.64. The van der Waals surface area contributed by atoms with Crippen LogP contribution < -0.4 is 10.6 Å². The lowest BCUT2D eigenvalue weighted by molar-refractivity contribution is -0.135. The Morgan fingerprint density at radius 3 is 2.35 bits per heavy atom. The average Bonchev–Trinajstić information content (AvgIpc) is 3.42. The highest BCUT2D eigenvalue weighted by Gasteiger charge is 2.31. The van der Waals surface area contributed by atoms with Crippen LogP contribution in [0.3, 0.4) is 0 Å². The van der Waals surface area contributed by atoms with Crippen molar-refractivity contribution in [1.29, 1.82) is 0 Å². The molecule has 9 nitrogen and oxygen atoms in total. The van der Waals surface area contributed by atoms with Crippen molar-refractivity contribution in [1.82, 2.24) is 24.9 Å². The highest BCUT2D eigenvalue weighted by atomic mass is 19.1. The van der Waals surface area contributed by atoms with E-state index >= 15 is 0 Å². The lowest BCUT2D eigenvalue weighted by atomic mass is 9.88. The number of carbonyl (C=O) groups is 3. The summed E-state index contributed by atoms with van der Waals surface area (Å²) in [5, 5.41) is 9.36. The third kappa shape index (κ3) is 5.82. The van der Waals surface area contributed by atoms with Crippen molar-refractivity contribution in [3.8, 4) is 0 Å². The van der Waals surface area contributed by atoms with Gasteiger partial charge in [-0.15, -0.1) is 0 Å². The topological polar surface area (TPSA) is 99.6 Å². The lowest BCUT2D eigenvalue weighted by Crippen LogP contribution is -2.47. The standard InChI is InChI=1S/C26H32F2N6O3/c27-20-14-18(30-22-2-3-23(35)31-26(22)37)15-21(28)25(20)17-4-10-32(11-5-17)16-24(36)33-12-6-19(7-13-33)34-9-1-8-29-34/h1,8-9,14-15,17,19,22,30H,2-7,10-13,16H2,(H,31,35,37). The normalized spacial score (nSPS) is 22.2. The summed E-state index contributed by atoms with van der Waals surface area (Å²) >= 11 is 0. The van der Waals surface area contributed by atoms with E-state index in [0.717, 1.165) is 12.8 Å². The zero-order chi connectivity index (χ0) is 25.9. The average molecular weight is 515 g/mol. The predicted molar refractivity (Wildman–Crippen MR) is 132 cm³/mol. The van der Waals surface area contributed by atoms with E-state index in [1.54, 1.807) is 6.20 Å². The van der Waals surface area contributed by atoms with Crippen LogP contribution in [0.1, 0.15) is 56.0 Å². The van der Waals surface area contributed by atoms with Gasteiger partial charge in [0.25, 0.3) is 0 Å². The van der Waals surface area contributed by atoms with Crippen LogP contribution in [-0.2, 0) is 14.4 Å². The Morgan fingerprint density at radius 1 is 1.03 bits per heavy atom. The Labute approximate surface area is 214 Å². The SMILES string of the molecule is O=C1CCC(Nc2cc(F)c(C3CCN(CC(=O)N4CCC(n5cccn5)CC4)CC3)c(F)c2)C(=O)N1. The zero-order valence-corrected chi connectivity index (χ0v) is 20.7. The molecule has 1 aromatic heterocycles. The van der Waals surface area contributed by atoms with Gasteiger partial charge in [-0.2, -0.15) is 5.10 Å². The molecule has 4 heterocycles. The van der Waals surface area contributed by atoms with Crippen LogP contribution in [0.25, 0.3) is 0 Å². The van der Waals surface area contributed by atoms with Crippen molar-refractivity contribution >= 4 is 23.4 Å². The number of anilines is 1. The number of amides is 3. The molecule has 2 aromatic rings. The molecule has 3 fully saturated rings. The molecule has 3 aliphatic heterocycles. The summed E-state index contributed by atoms with van der Waals surface area (Å²) in [6.07, 6.45) is 7.05. The molecule has 198 valence electrons. The van der Waals surface area contributed by atoms with Crippen LogP contribution in [-0.4, -0.2) is 76.1 Å². The van der Waals surface area contributed by atoms with Crippen LogP contribution in [0, 0.1) is 11.6 Å². The Balaban J connectivity index is 1.11. The number of imide groups is 1. The minimum absolute atomic E-state index is 0.0560. The second-order valence-corrected chi connectivity index (χ2v) is 10.2. The van der Waals surface area contributed by atoms with Gasteiger partial charge in [-0.05, 0) is 69.3 Å². The number of nitrogens with zero attached hydrogens (tertiary/aromatic N) is 4. The third-order valence-corrected chi connectivity index (χ3v) is 7.73. The Hall–Kier alpha value is -3.34. The van der Waals surface area contributed by atoms with Crippen LogP contribution in [0.2, 0.25) is 0 Å². The molecule has 11 heteroatoms. The minimum atomic E-state index is -0.709. The van der Waals surface area contributed by atoms with Crippen LogP contribution in [0.5, 0.6) is 0 Å². The minimum Gasteiger partial charge on any atom is -0.373 e. The molecule has 0 radical (unpaired) electrons. The van der Waals surface area contributed by atoms with E-state index in [2.05, 4.69) is 20.6 Å². The number of aromatic nitrogens is 2. The summed E-state index contributed by atoms with van der Waals surface area (Å²) in [6, 6.07) is 3.95. The van der Waals surface area contributed by atoms with Crippen molar-refractivity contribution in [2.24, 2.45) is 0 Å². The van der Waals surface area contributed by atoms with Crippen LogP contribution in [0.15, 0.2) is 30.6 Å². The molecule has 0 saturated carbocycles. The molecule has 5 rings (SSSR count). The second kappa shape index (κ2) is 11.0. The van der Waals surface area contributed by atoms with E-state index in [1.807, 2.05) is 21.8 Å². The predicted octanol–water partition coefficient (Wildman–Crippen LogP) is 2.42. The molecule has 0 bridgehead atoms. The largest absolute Gasteiger partial charge is 0.373 e. The fraction of sp³-hybridized carbons (Fsp3) is 0.538. The molecular weight excluding hydrogens is 482 g/mol. The summed E-state index contributed by atoms with van der Waals surface area (Å²) in [7, 11) is 0. The van der Waals surface area contributed by atoms with Gasteiger partial charge >= 0.3 is 0 Å². The Morgan fingerprint density at radius 2 is 1.73 bits per heavy atom. The number of rotatable bonds is 6.